The van der Waals surface area contributed by atoms with E-state index in [1.54, 1.807) is 13.1 Å². The fourth-order valence-corrected chi connectivity index (χ4v) is 4.94. The first-order valence-electron chi connectivity index (χ1n) is 11.7. The van der Waals surface area contributed by atoms with E-state index in [4.69, 9.17) is 0 Å². The molecule has 0 bridgehead atoms. The summed E-state index contributed by atoms with van der Waals surface area (Å²) in [6.07, 6.45) is -0.0346. The second-order valence-electron chi connectivity index (χ2n) is 9.20. The van der Waals surface area contributed by atoms with E-state index < -0.39 is 11.9 Å². The highest BCUT2D eigenvalue weighted by atomic mass is 19.4. The summed E-state index contributed by atoms with van der Waals surface area (Å²) in [6.45, 7) is 5.96. The van der Waals surface area contributed by atoms with Crippen molar-refractivity contribution in [2.45, 2.75) is 45.5 Å². The molecule has 2 aromatic heterocycles. The number of fused-ring (bicyclic) bond motifs is 1. The average molecular weight is 485 g/mol. The fraction of sp³-hybridized carbons (Fsp3) is 0.400. The van der Waals surface area contributed by atoms with E-state index in [0.29, 0.717) is 18.8 Å². The zero-order chi connectivity index (χ0) is 24.7. The van der Waals surface area contributed by atoms with Crippen LogP contribution in [0.4, 0.5) is 24.7 Å². The quantitative estimate of drug-likeness (QED) is 0.600. The molecule has 0 unspecified atom stereocenters. The number of imidazole rings is 1. The molecule has 184 valence electrons. The minimum Gasteiger partial charge on any atom is -0.356 e. The lowest BCUT2D eigenvalue weighted by Gasteiger charge is -2.38. The van der Waals surface area contributed by atoms with E-state index in [1.165, 1.54) is 4.57 Å². The average Bonchev–Trinajstić information content (AvgIpc) is 3.13. The number of halogens is 3. The van der Waals surface area contributed by atoms with Crippen molar-refractivity contribution in [1.29, 1.82) is 0 Å². The third-order valence-electron chi connectivity index (χ3n) is 6.81. The highest BCUT2D eigenvalue weighted by molar-refractivity contribution is 5.93. The third kappa shape index (κ3) is 4.75. The number of anilines is 2. The lowest BCUT2D eigenvalue weighted by Crippen LogP contribution is -2.46. The van der Waals surface area contributed by atoms with Crippen LogP contribution in [0.5, 0.6) is 0 Å². The van der Waals surface area contributed by atoms with Crippen molar-refractivity contribution in [3.05, 3.63) is 65.4 Å². The SMILES string of the molecule is Cc1cnc(N2CCC(N3CC(=O)Nc4ccccc4C3)CC2)cc1-n1cc(C(F)(F)F)nc1C. The summed E-state index contributed by atoms with van der Waals surface area (Å²) in [5.41, 5.74) is 2.49. The van der Waals surface area contributed by atoms with Crippen LogP contribution < -0.4 is 10.2 Å². The minimum absolute atomic E-state index is 0.00356. The predicted octanol–water partition coefficient (Wildman–Crippen LogP) is 4.33. The zero-order valence-corrected chi connectivity index (χ0v) is 19.6. The summed E-state index contributed by atoms with van der Waals surface area (Å²) >= 11 is 0. The molecule has 0 aliphatic carbocycles. The molecule has 5 rings (SSSR count). The number of alkyl halides is 3. The number of rotatable bonds is 3. The Morgan fingerprint density at radius 2 is 1.83 bits per heavy atom. The number of nitrogens with zero attached hydrogens (tertiary/aromatic N) is 5. The molecule has 1 amide bonds. The molecule has 1 aromatic carbocycles. The van der Waals surface area contributed by atoms with Gasteiger partial charge in [0.1, 0.15) is 11.6 Å². The monoisotopic (exact) mass is 484 g/mol. The van der Waals surface area contributed by atoms with Crippen LogP contribution in [0.2, 0.25) is 0 Å². The number of amides is 1. The summed E-state index contributed by atoms with van der Waals surface area (Å²) in [7, 11) is 0. The molecule has 2 aliphatic rings. The molecule has 1 saturated heterocycles. The number of pyridine rings is 1. The zero-order valence-electron chi connectivity index (χ0n) is 19.6. The Bertz CT molecular complexity index is 1250. The van der Waals surface area contributed by atoms with Gasteiger partial charge in [-0.3, -0.25) is 9.69 Å². The van der Waals surface area contributed by atoms with Gasteiger partial charge in [0.15, 0.2) is 5.69 Å². The second kappa shape index (κ2) is 8.99. The number of piperidine rings is 1. The van der Waals surface area contributed by atoms with Crippen molar-refractivity contribution in [2.75, 3.05) is 29.9 Å². The molecule has 3 aromatic rings. The van der Waals surface area contributed by atoms with E-state index >= 15 is 0 Å². The van der Waals surface area contributed by atoms with Gasteiger partial charge >= 0.3 is 6.18 Å². The first-order valence-corrected chi connectivity index (χ1v) is 11.7. The van der Waals surface area contributed by atoms with Crippen LogP contribution in [-0.2, 0) is 17.5 Å². The van der Waals surface area contributed by atoms with Crippen molar-refractivity contribution in [2.24, 2.45) is 0 Å². The normalized spacial score (nSPS) is 17.7. The van der Waals surface area contributed by atoms with Crippen molar-refractivity contribution in [3.63, 3.8) is 0 Å². The predicted molar refractivity (Wildman–Crippen MR) is 127 cm³/mol. The number of hydrogen-bond acceptors (Lipinski definition) is 5. The number of aromatic nitrogens is 3. The number of nitrogens with one attached hydrogen (secondary N) is 1. The van der Waals surface area contributed by atoms with Gasteiger partial charge in [-0.2, -0.15) is 13.2 Å². The molecule has 2 aliphatic heterocycles. The van der Waals surface area contributed by atoms with Crippen LogP contribution in [0.15, 0.2) is 42.7 Å². The maximum atomic E-state index is 13.2. The summed E-state index contributed by atoms with van der Waals surface area (Å²) in [4.78, 5) is 25.1. The van der Waals surface area contributed by atoms with Gasteiger partial charge in [0.25, 0.3) is 0 Å². The Hall–Kier alpha value is -3.40. The second-order valence-corrected chi connectivity index (χ2v) is 9.20. The number of carbonyl (C=O) groups excluding carboxylic acids is 1. The van der Waals surface area contributed by atoms with Gasteiger partial charge in [0, 0.05) is 49.8 Å². The van der Waals surface area contributed by atoms with Crippen molar-refractivity contribution < 1.29 is 18.0 Å². The molecule has 35 heavy (non-hydrogen) atoms. The van der Waals surface area contributed by atoms with E-state index in [1.807, 2.05) is 37.3 Å². The van der Waals surface area contributed by atoms with Gasteiger partial charge in [-0.1, -0.05) is 18.2 Å². The molecule has 0 radical (unpaired) electrons. The number of benzene rings is 1. The van der Waals surface area contributed by atoms with Crippen LogP contribution in [-0.4, -0.2) is 51.0 Å². The molecule has 0 spiro atoms. The molecule has 1 fully saturated rings. The minimum atomic E-state index is -4.49. The molecule has 1 N–H and O–H groups in total. The fourth-order valence-electron chi connectivity index (χ4n) is 4.94. The van der Waals surface area contributed by atoms with Gasteiger partial charge in [-0.05, 0) is 43.9 Å². The van der Waals surface area contributed by atoms with Gasteiger partial charge in [0.05, 0.1) is 12.2 Å². The van der Waals surface area contributed by atoms with E-state index in [2.05, 4.69) is 25.1 Å². The topological polar surface area (TPSA) is 66.3 Å². The van der Waals surface area contributed by atoms with Crippen LogP contribution >= 0.6 is 0 Å². The van der Waals surface area contributed by atoms with Gasteiger partial charge in [-0.25, -0.2) is 9.97 Å². The highest BCUT2D eigenvalue weighted by Gasteiger charge is 2.35. The molecule has 10 heteroatoms. The highest BCUT2D eigenvalue weighted by Crippen LogP contribution is 2.31. The van der Waals surface area contributed by atoms with E-state index in [9.17, 15) is 18.0 Å². The van der Waals surface area contributed by atoms with Crippen molar-refractivity contribution in [1.82, 2.24) is 19.4 Å². The summed E-state index contributed by atoms with van der Waals surface area (Å²) in [5.74, 6) is 0.997. The van der Waals surface area contributed by atoms with Crippen molar-refractivity contribution in [3.8, 4) is 5.69 Å². The molecule has 0 saturated carbocycles. The third-order valence-corrected chi connectivity index (χ3v) is 6.81. The smallest absolute Gasteiger partial charge is 0.356 e. The lowest BCUT2D eigenvalue weighted by atomic mass is 10.0. The number of carbonyl (C=O) groups is 1. The Morgan fingerprint density at radius 1 is 1.09 bits per heavy atom. The first kappa shape index (κ1) is 23.3. The molecule has 4 heterocycles. The van der Waals surface area contributed by atoms with Gasteiger partial charge in [0.2, 0.25) is 5.91 Å². The Morgan fingerprint density at radius 3 is 2.54 bits per heavy atom. The number of para-hydroxylation sites is 1. The van der Waals surface area contributed by atoms with Crippen LogP contribution in [0, 0.1) is 13.8 Å². The van der Waals surface area contributed by atoms with Crippen LogP contribution in [0.25, 0.3) is 5.69 Å². The summed E-state index contributed by atoms with van der Waals surface area (Å²) in [5, 5.41) is 2.99. The molecule has 7 nitrogen and oxygen atoms in total. The standard InChI is InChI=1S/C25H27F3N6O/c1-16-12-29-23(11-21(16)34-14-22(25(26,27)28)30-17(34)2)32-9-7-19(8-10-32)33-13-18-5-3-4-6-20(18)31-24(35)15-33/h3-6,11-12,14,19H,7-10,13,15H2,1-2H3,(H,31,35). The summed E-state index contributed by atoms with van der Waals surface area (Å²) < 4.78 is 41.0. The molecule has 0 atom stereocenters. The van der Waals surface area contributed by atoms with Gasteiger partial charge < -0.3 is 14.8 Å². The maximum absolute atomic E-state index is 13.2. The van der Waals surface area contributed by atoms with Crippen molar-refractivity contribution >= 4 is 17.4 Å². The Balaban J connectivity index is 1.31. The van der Waals surface area contributed by atoms with Gasteiger partial charge in [-0.15, -0.1) is 0 Å². The largest absolute Gasteiger partial charge is 0.434 e. The van der Waals surface area contributed by atoms with E-state index in [0.717, 1.165) is 54.8 Å². The van der Waals surface area contributed by atoms with Crippen LogP contribution in [0.3, 0.4) is 0 Å². The van der Waals surface area contributed by atoms with Crippen LogP contribution in [0.1, 0.15) is 35.5 Å². The molecular weight excluding hydrogens is 457 g/mol. The number of aryl methyl sites for hydroxylation is 2. The molecular formula is C25H27F3N6O. The lowest BCUT2D eigenvalue weighted by molar-refractivity contribution is -0.141. The first-order chi connectivity index (χ1) is 16.7. The maximum Gasteiger partial charge on any atom is 0.434 e. The Kier molecular flexibility index (Phi) is 6.00. The number of hydrogen-bond donors (Lipinski definition) is 1. The summed E-state index contributed by atoms with van der Waals surface area (Å²) in [6, 6.07) is 9.98. The van der Waals surface area contributed by atoms with E-state index in [-0.39, 0.29) is 17.8 Å². The Labute approximate surface area is 201 Å².